The van der Waals surface area contributed by atoms with Crippen molar-refractivity contribution in [1.29, 1.82) is 0 Å². The van der Waals surface area contributed by atoms with Gasteiger partial charge in [-0.2, -0.15) is 0 Å². The number of anilines is 2. The van der Waals surface area contributed by atoms with Crippen LogP contribution in [-0.2, 0) is 21.0 Å². The third-order valence-corrected chi connectivity index (χ3v) is 9.65. The first-order valence-corrected chi connectivity index (χ1v) is 14.7. The molecule has 10 nitrogen and oxygen atoms in total. The van der Waals surface area contributed by atoms with Crippen LogP contribution < -0.4 is 15.1 Å². The number of carbonyl (C=O) groups is 2. The van der Waals surface area contributed by atoms with E-state index in [0.717, 1.165) is 22.4 Å². The van der Waals surface area contributed by atoms with Gasteiger partial charge in [0, 0.05) is 35.9 Å². The maximum Gasteiger partial charge on any atom is 0.269 e. The minimum Gasteiger partial charge on any atom is -0.295 e. The number of nitrogens with zero attached hydrogens (tertiary/aromatic N) is 5. The lowest BCUT2D eigenvalue weighted by Gasteiger charge is -2.39. The molecule has 0 bridgehead atoms. The van der Waals surface area contributed by atoms with Crippen molar-refractivity contribution in [1.82, 2.24) is 15.2 Å². The summed E-state index contributed by atoms with van der Waals surface area (Å²) in [5.41, 5.74) is 3.96. The molecule has 6 rings (SSSR count). The zero-order chi connectivity index (χ0) is 28.7. The SMILES string of the molecule is Cc1cc(N2C(=O)CS[C@]23C(=O)N(CN2CCN([N+](=O)[O-])[C@@H](NCc4ccccc4)C2)c2ccccc23)ccc1Cl. The summed E-state index contributed by atoms with van der Waals surface area (Å²) in [6.45, 7) is 3.56. The van der Waals surface area contributed by atoms with Crippen LogP contribution in [0.25, 0.3) is 0 Å². The van der Waals surface area contributed by atoms with Crippen molar-refractivity contribution in [2.45, 2.75) is 24.5 Å². The fraction of sp³-hybridized carbons (Fsp3) is 0.310. The number of hydrogen-bond donors (Lipinski definition) is 1. The van der Waals surface area contributed by atoms with E-state index in [-0.39, 0.29) is 35.8 Å². The van der Waals surface area contributed by atoms with Gasteiger partial charge in [-0.25, -0.2) is 10.1 Å². The lowest BCUT2D eigenvalue weighted by Crippen LogP contribution is -2.62. The third kappa shape index (κ3) is 4.82. The molecule has 1 N–H and O–H groups in total. The summed E-state index contributed by atoms with van der Waals surface area (Å²) in [6.07, 6.45) is -0.545. The van der Waals surface area contributed by atoms with E-state index in [9.17, 15) is 19.7 Å². The summed E-state index contributed by atoms with van der Waals surface area (Å²) >= 11 is 7.60. The molecule has 2 fully saturated rings. The van der Waals surface area contributed by atoms with Crippen LogP contribution in [0.1, 0.15) is 16.7 Å². The number of hydrazine groups is 1. The summed E-state index contributed by atoms with van der Waals surface area (Å²) in [5, 5.41) is 16.6. The molecule has 0 unspecified atom stereocenters. The number of benzene rings is 3. The van der Waals surface area contributed by atoms with Crippen LogP contribution in [0.2, 0.25) is 5.02 Å². The highest BCUT2D eigenvalue weighted by Crippen LogP contribution is 2.55. The Morgan fingerprint density at radius 2 is 1.83 bits per heavy atom. The average molecular weight is 593 g/mol. The Morgan fingerprint density at radius 3 is 2.59 bits per heavy atom. The van der Waals surface area contributed by atoms with Gasteiger partial charge in [0.2, 0.25) is 10.8 Å². The number of thioether (sulfide) groups is 1. The molecule has 3 aliphatic heterocycles. The topological polar surface area (TPSA) is 102 Å². The number of piperazine rings is 1. The second kappa shape index (κ2) is 11.0. The number of hydrogen-bond acceptors (Lipinski definition) is 7. The predicted molar refractivity (Wildman–Crippen MR) is 159 cm³/mol. The first-order chi connectivity index (χ1) is 19.8. The van der Waals surface area contributed by atoms with Gasteiger partial charge in [0.1, 0.15) is 0 Å². The lowest BCUT2D eigenvalue weighted by atomic mass is 10.0. The summed E-state index contributed by atoms with van der Waals surface area (Å²) < 4.78 is 0. The van der Waals surface area contributed by atoms with Gasteiger partial charge < -0.3 is 0 Å². The average Bonchev–Trinajstić information content (AvgIpc) is 3.44. The molecule has 41 heavy (non-hydrogen) atoms. The van der Waals surface area contributed by atoms with Gasteiger partial charge in [-0.3, -0.25) is 29.6 Å². The molecule has 3 aliphatic rings. The summed E-state index contributed by atoms with van der Waals surface area (Å²) in [6, 6.07) is 22.7. The van der Waals surface area contributed by atoms with E-state index in [4.69, 9.17) is 11.6 Å². The molecule has 0 radical (unpaired) electrons. The van der Waals surface area contributed by atoms with E-state index in [1.54, 1.807) is 21.9 Å². The molecule has 2 atom stereocenters. The number of halogens is 1. The first kappa shape index (κ1) is 27.5. The molecule has 2 saturated heterocycles. The van der Waals surface area contributed by atoms with E-state index >= 15 is 0 Å². The zero-order valence-electron chi connectivity index (χ0n) is 22.4. The molecule has 3 aromatic rings. The molecule has 212 valence electrons. The Kier molecular flexibility index (Phi) is 7.37. The molecule has 12 heteroatoms. The Hall–Kier alpha value is -3.64. The molecular formula is C29H29ClN6O4S. The van der Waals surface area contributed by atoms with Crippen molar-refractivity contribution < 1.29 is 14.6 Å². The normalized spacial score (nSPS) is 22.6. The number of aryl methyl sites for hydroxylation is 1. The number of nitrogens with one attached hydrogen (secondary N) is 1. The summed E-state index contributed by atoms with van der Waals surface area (Å²) in [4.78, 5) is 43.7. The Bertz CT molecular complexity index is 1510. The molecule has 0 saturated carbocycles. The monoisotopic (exact) mass is 592 g/mol. The largest absolute Gasteiger partial charge is 0.295 e. The number of rotatable bonds is 7. The highest BCUT2D eigenvalue weighted by molar-refractivity contribution is 8.02. The van der Waals surface area contributed by atoms with Crippen LogP contribution in [0.4, 0.5) is 11.4 Å². The highest BCUT2D eigenvalue weighted by Gasteiger charge is 2.61. The van der Waals surface area contributed by atoms with E-state index < -0.39 is 11.0 Å². The van der Waals surface area contributed by atoms with Gasteiger partial charge >= 0.3 is 0 Å². The van der Waals surface area contributed by atoms with Gasteiger partial charge in [0.15, 0.2) is 11.2 Å². The van der Waals surface area contributed by atoms with Gasteiger partial charge in [0.25, 0.3) is 5.91 Å². The van der Waals surface area contributed by atoms with Crippen molar-refractivity contribution in [2.24, 2.45) is 0 Å². The van der Waals surface area contributed by atoms with Crippen LogP contribution in [0.3, 0.4) is 0 Å². The minimum atomic E-state index is -1.23. The van der Waals surface area contributed by atoms with Crippen LogP contribution in [0, 0.1) is 17.0 Å². The van der Waals surface area contributed by atoms with Crippen molar-refractivity contribution in [3.05, 3.63) is 105 Å². The Morgan fingerprint density at radius 1 is 1.07 bits per heavy atom. The van der Waals surface area contributed by atoms with Gasteiger partial charge in [-0.15, -0.1) is 16.8 Å². The van der Waals surface area contributed by atoms with E-state index in [1.165, 1.54) is 16.8 Å². The number of nitro groups is 1. The fourth-order valence-electron chi connectivity index (χ4n) is 5.82. The second-order valence-corrected chi connectivity index (χ2v) is 11.9. The summed E-state index contributed by atoms with van der Waals surface area (Å²) in [5.74, 6) is -0.179. The molecule has 2 amide bonds. The first-order valence-electron chi connectivity index (χ1n) is 13.3. The van der Waals surface area contributed by atoms with Crippen LogP contribution >= 0.6 is 23.4 Å². The molecule has 0 aromatic heterocycles. The number of amides is 2. The molecule has 3 aromatic carbocycles. The van der Waals surface area contributed by atoms with Crippen molar-refractivity contribution in [3.63, 3.8) is 0 Å². The van der Waals surface area contributed by atoms with Crippen molar-refractivity contribution >= 4 is 46.6 Å². The van der Waals surface area contributed by atoms with Gasteiger partial charge in [-0.05, 0) is 42.3 Å². The molecule has 0 aliphatic carbocycles. The molecular weight excluding hydrogens is 564 g/mol. The van der Waals surface area contributed by atoms with E-state index in [2.05, 4.69) is 10.2 Å². The van der Waals surface area contributed by atoms with Gasteiger partial charge in [0.05, 0.1) is 24.7 Å². The quantitative estimate of drug-likeness (QED) is 0.326. The van der Waals surface area contributed by atoms with Crippen LogP contribution in [-0.4, -0.2) is 65.0 Å². The minimum absolute atomic E-state index is 0.147. The molecule has 1 spiro atoms. The fourth-order valence-corrected chi connectivity index (χ4v) is 7.30. The zero-order valence-corrected chi connectivity index (χ0v) is 24.0. The summed E-state index contributed by atoms with van der Waals surface area (Å²) in [7, 11) is 0. The second-order valence-electron chi connectivity index (χ2n) is 10.3. The number of fused-ring (bicyclic) bond motifs is 2. The van der Waals surface area contributed by atoms with Crippen LogP contribution in [0.5, 0.6) is 0 Å². The Labute approximate surface area is 247 Å². The standard InChI is InChI=1S/C29H29ClN6O4S/c1-20-15-22(11-12-24(20)30)35-27(37)18-41-29(35)23-9-5-6-10-25(23)33(28(29)38)19-32-13-14-34(36(39)40)26(17-32)31-16-21-7-3-2-4-8-21/h2-12,15,26,31H,13-14,16-19H2,1H3/t26-,29-/m1/s1. The van der Waals surface area contributed by atoms with E-state index in [0.29, 0.717) is 30.3 Å². The van der Waals surface area contributed by atoms with Crippen molar-refractivity contribution in [2.75, 3.05) is 41.9 Å². The molecule has 3 heterocycles. The van der Waals surface area contributed by atoms with Gasteiger partial charge in [-0.1, -0.05) is 60.1 Å². The lowest BCUT2D eigenvalue weighted by molar-refractivity contribution is -0.668. The Balaban J connectivity index is 1.28. The predicted octanol–water partition coefficient (Wildman–Crippen LogP) is 3.81. The number of carbonyl (C=O) groups excluding carboxylic acids is 2. The maximum atomic E-state index is 14.4. The highest BCUT2D eigenvalue weighted by atomic mass is 35.5. The smallest absolute Gasteiger partial charge is 0.269 e. The van der Waals surface area contributed by atoms with Crippen molar-refractivity contribution in [3.8, 4) is 0 Å². The van der Waals surface area contributed by atoms with E-state index in [1.807, 2.05) is 67.6 Å². The third-order valence-electron chi connectivity index (χ3n) is 7.84. The number of para-hydroxylation sites is 1. The maximum absolute atomic E-state index is 14.4. The van der Waals surface area contributed by atoms with Crippen LogP contribution in [0.15, 0.2) is 72.8 Å².